The number of carbonyl (C=O) groups excluding carboxylic acids is 1. The second-order valence-electron chi connectivity index (χ2n) is 12.2. The fourth-order valence-corrected chi connectivity index (χ4v) is 7.11. The van der Waals surface area contributed by atoms with Crippen LogP contribution >= 0.6 is 23.2 Å². The summed E-state index contributed by atoms with van der Waals surface area (Å²) in [6.45, 7) is 8.75. The topological polar surface area (TPSA) is 113 Å². The maximum Gasteiger partial charge on any atom is 0.262 e. The number of carbonyl (C=O) groups is 1. The summed E-state index contributed by atoms with van der Waals surface area (Å²) >= 11 is 12.4. The van der Waals surface area contributed by atoms with Gasteiger partial charge in [-0.1, -0.05) is 50.0 Å². The van der Waals surface area contributed by atoms with Gasteiger partial charge in [-0.3, -0.25) is 29.8 Å². The number of nitrogens with one attached hydrogen (secondary N) is 3. The lowest BCUT2D eigenvalue weighted by atomic mass is 9.45. The predicted octanol–water partition coefficient (Wildman–Crippen LogP) is 5.42. The number of aryl methyl sites for hydroxylation is 1. The number of hydroxylamine groups is 1. The number of hydrazine groups is 1. The van der Waals surface area contributed by atoms with E-state index in [9.17, 15) is 9.59 Å². The van der Waals surface area contributed by atoms with Gasteiger partial charge < -0.3 is 5.32 Å². The van der Waals surface area contributed by atoms with E-state index < -0.39 is 0 Å². The van der Waals surface area contributed by atoms with Crippen LogP contribution in [0.4, 0.5) is 11.6 Å². The smallest absolute Gasteiger partial charge is 0.262 e. The van der Waals surface area contributed by atoms with E-state index in [1.807, 2.05) is 6.07 Å². The minimum Gasteiger partial charge on any atom is -0.325 e. The first kappa shape index (κ1) is 31.1. The van der Waals surface area contributed by atoms with Crippen molar-refractivity contribution >= 4 is 57.6 Å². The Bertz CT molecular complexity index is 1620. The van der Waals surface area contributed by atoms with Crippen LogP contribution in [0.15, 0.2) is 46.2 Å². The van der Waals surface area contributed by atoms with Crippen molar-refractivity contribution in [2.75, 3.05) is 24.5 Å². The average Bonchev–Trinajstić information content (AvgIpc) is 2.96. The first-order valence-corrected chi connectivity index (χ1v) is 15.3. The van der Waals surface area contributed by atoms with Crippen molar-refractivity contribution in [3.63, 3.8) is 0 Å². The zero-order valence-corrected chi connectivity index (χ0v) is 26.9. The number of amides is 1. The van der Waals surface area contributed by atoms with Gasteiger partial charge in [-0.15, -0.1) is 0 Å². The van der Waals surface area contributed by atoms with Gasteiger partial charge in [0.2, 0.25) is 17.8 Å². The van der Waals surface area contributed by atoms with E-state index in [-0.39, 0.29) is 17.5 Å². The third kappa shape index (κ3) is 6.32. The Morgan fingerprint density at radius 3 is 2.60 bits per heavy atom. The Balaban J connectivity index is 1.44. The normalized spacial score (nSPS) is 22.6. The summed E-state index contributed by atoms with van der Waals surface area (Å²) in [4.78, 5) is 40.7. The van der Waals surface area contributed by atoms with E-state index in [0.717, 1.165) is 12.0 Å². The molecule has 43 heavy (non-hydrogen) atoms. The number of guanidine groups is 1. The highest BCUT2D eigenvalue weighted by atomic mass is 35.5. The number of fused-ring (bicyclic) bond motifs is 3. The Kier molecular flexibility index (Phi) is 8.92. The van der Waals surface area contributed by atoms with Gasteiger partial charge in [0.25, 0.3) is 5.56 Å². The third-order valence-corrected chi connectivity index (χ3v) is 9.93. The van der Waals surface area contributed by atoms with Crippen LogP contribution in [0, 0.1) is 23.2 Å². The summed E-state index contributed by atoms with van der Waals surface area (Å²) < 4.78 is 1.58. The minimum absolute atomic E-state index is 0.127. The molecule has 230 valence electrons. The number of benzene rings is 2. The highest BCUT2D eigenvalue weighted by molar-refractivity contribution is 6.35. The zero-order valence-electron chi connectivity index (χ0n) is 25.4. The molecular weight excluding hydrogens is 589 g/mol. The lowest BCUT2D eigenvalue weighted by Gasteiger charge is -2.61. The SMILES string of the molecule is CON(C)c1nc2cc(N/C(=N/C3C[C@@H]4C[C@H]([C@@H]3C)C4(C)C)NNC(C)=O)ccc2c(=O)n1CCc1ccc(Cl)cc1Cl. The van der Waals surface area contributed by atoms with Gasteiger partial charge in [-0.05, 0) is 78.3 Å². The number of anilines is 2. The molecule has 1 unspecified atom stereocenters. The van der Waals surface area contributed by atoms with Crippen molar-refractivity contribution in [3.05, 3.63) is 62.4 Å². The maximum atomic E-state index is 13.7. The minimum atomic E-state index is -0.233. The van der Waals surface area contributed by atoms with Crippen molar-refractivity contribution in [2.45, 2.75) is 59.5 Å². The summed E-state index contributed by atoms with van der Waals surface area (Å²) in [6, 6.07) is 10.8. The first-order valence-electron chi connectivity index (χ1n) is 14.5. The largest absolute Gasteiger partial charge is 0.325 e. The number of aromatic nitrogens is 2. The maximum absolute atomic E-state index is 13.7. The summed E-state index contributed by atoms with van der Waals surface area (Å²) in [7, 11) is 3.21. The highest BCUT2D eigenvalue weighted by Gasteiger charge is 2.56. The van der Waals surface area contributed by atoms with E-state index in [1.54, 1.807) is 41.9 Å². The predicted molar refractivity (Wildman–Crippen MR) is 173 cm³/mol. The molecule has 1 aromatic heterocycles. The van der Waals surface area contributed by atoms with E-state index >= 15 is 0 Å². The molecule has 1 amide bonds. The molecule has 4 atom stereocenters. The van der Waals surface area contributed by atoms with Crippen molar-refractivity contribution in [2.24, 2.45) is 28.2 Å². The second kappa shape index (κ2) is 12.3. The molecule has 3 fully saturated rings. The second-order valence-corrected chi connectivity index (χ2v) is 13.0. The fourth-order valence-electron chi connectivity index (χ4n) is 6.61. The molecule has 0 radical (unpaired) electrons. The van der Waals surface area contributed by atoms with Crippen molar-refractivity contribution in [1.82, 2.24) is 20.4 Å². The molecule has 2 aromatic carbocycles. The van der Waals surface area contributed by atoms with Crippen molar-refractivity contribution in [3.8, 4) is 0 Å². The molecule has 10 nitrogen and oxygen atoms in total. The van der Waals surface area contributed by atoms with Crippen LogP contribution in [0.2, 0.25) is 10.0 Å². The Morgan fingerprint density at radius 2 is 1.95 bits per heavy atom. The number of hydrogen-bond acceptors (Lipinski definition) is 6. The van der Waals surface area contributed by atoms with Crippen LogP contribution in [0.25, 0.3) is 10.9 Å². The number of aliphatic imine (C=N–C) groups is 1. The molecule has 0 spiro atoms. The number of halogens is 2. The first-order chi connectivity index (χ1) is 20.4. The molecular formula is C31H39Cl2N7O3. The Morgan fingerprint density at radius 1 is 1.19 bits per heavy atom. The van der Waals surface area contributed by atoms with Crippen molar-refractivity contribution in [1.29, 1.82) is 0 Å². The molecule has 3 saturated carbocycles. The Hall–Kier alpha value is -3.34. The standard InChI is InChI=1S/C31H39Cl2N7O3/c1-17-24-13-20(31(24,3)4)14-26(17)35-29(38-37-18(2)41)34-22-9-10-23-27(16-22)36-30(39(5)43-6)40(28(23)42)12-11-19-7-8-21(32)15-25(19)33/h7-10,15-17,20,24,26H,11-14H2,1-6H3,(H,37,41)(H2,34,35,38)/t17-,20-,24+,26?/m0/s1. The molecule has 12 heteroatoms. The van der Waals surface area contributed by atoms with Gasteiger partial charge >= 0.3 is 0 Å². The van der Waals surface area contributed by atoms with E-state index in [4.69, 9.17) is 38.0 Å². The summed E-state index contributed by atoms with van der Waals surface area (Å²) in [5.74, 6) is 2.24. The van der Waals surface area contributed by atoms with Crippen LogP contribution in [0.1, 0.15) is 46.1 Å². The van der Waals surface area contributed by atoms with Gasteiger partial charge in [0.15, 0.2) is 0 Å². The van der Waals surface area contributed by atoms with Gasteiger partial charge in [-0.25, -0.2) is 15.0 Å². The quantitative estimate of drug-likeness (QED) is 0.182. The van der Waals surface area contributed by atoms with Gasteiger partial charge in [-0.2, -0.15) is 0 Å². The van der Waals surface area contributed by atoms with Crippen LogP contribution in [-0.2, 0) is 22.6 Å². The van der Waals surface area contributed by atoms with Crippen molar-refractivity contribution < 1.29 is 9.63 Å². The van der Waals surface area contributed by atoms with Gasteiger partial charge in [0.05, 0.1) is 24.1 Å². The van der Waals surface area contributed by atoms with Crippen LogP contribution in [-0.4, -0.2) is 41.6 Å². The highest BCUT2D eigenvalue weighted by Crippen LogP contribution is 2.61. The molecule has 3 N–H and O–H groups in total. The van der Waals surface area contributed by atoms with E-state index in [1.165, 1.54) is 25.5 Å². The lowest BCUT2D eigenvalue weighted by molar-refractivity contribution is -0.119. The molecule has 6 rings (SSSR count). The summed E-state index contributed by atoms with van der Waals surface area (Å²) in [6.07, 6.45) is 2.76. The fraction of sp³-hybridized carbons (Fsp3) is 0.484. The van der Waals surface area contributed by atoms with E-state index in [2.05, 4.69) is 36.9 Å². The van der Waals surface area contributed by atoms with Crippen LogP contribution < -0.4 is 26.8 Å². The molecule has 0 saturated heterocycles. The van der Waals surface area contributed by atoms with Crippen LogP contribution in [0.5, 0.6) is 0 Å². The Labute approximate surface area is 261 Å². The average molecular weight is 629 g/mol. The van der Waals surface area contributed by atoms with Gasteiger partial charge in [0.1, 0.15) is 0 Å². The zero-order chi connectivity index (χ0) is 31.1. The molecule has 1 heterocycles. The summed E-state index contributed by atoms with van der Waals surface area (Å²) in [5.41, 5.74) is 7.74. The molecule has 0 aliphatic heterocycles. The van der Waals surface area contributed by atoms with Crippen LogP contribution in [0.3, 0.4) is 0 Å². The molecule has 3 aliphatic rings. The molecule has 3 aromatic rings. The monoisotopic (exact) mass is 627 g/mol. The third-order valence-electron chi connectivity index (χ3n) is 9.34. The molecule has 3 aliphatic carbocycles. The van der Waals surface area contributed by atoms with Gasteiger partial charge in [0, 0.05) is 36.2 Å². The van der Waals surface area contributed by atoms with E-state index in [0.29, 0.717) is 74.7 Å². The summed E-state index contributed by atoms with van der Waals surface area (Å²) in [5, 5.41) is 6.31. The molecule has 2 bridgehead atoms. The number of nitrogens with zero attached hydrogens (tertiary/aromatic N) is 4. The number of hydrogen-bond donors (Lipinski definition) is 3. The lowest BCUT2D eigenvalue weighted by Crippen LogP contribution is -2.57. The number of rotatable bonds is 7.